The number of carboxylic acid groups (broad SMARTS) is 1. The lowest BCUT2D eigenvalue weighted by Gasteiger charge is -2.24. The maximum absolute atomic E-state index is 10.6. The summed E-state index contributed by atoms with van der Waals surface area (Å²) in [4.78, 5) is 15.2. The smallest absolute Gasteiger partial charge is 0.303 e. The molecule has 104 valence electrons. The van der Waals surface area contributed by atoms with Crippen LogP contribution in [0.2, 0.25) is 0 Å². The lowest BCUT2D eigenvalue weighted by atomic mass is 9.94. The number of aliphatic carboxylic acids is 1. The molecule has 1 aromatic heterocycles. The fourth-order valence-corrected chi connectivity index (χ4v) is 3.44. The van der Waals surface area contributed by atoms with Gasteiger partial charge in [0.15, 0.2) is 0 Å². The first-order valence-electron chi connectivity index (χ1n) is 6.62. The van der Waals surface area contributed by atoms with Crippen molar-refractivity contribution >= 4 is 17.3 Å². The summed E-state index contributed by atoms with van der Waals surface area (Å²) in [7, 11) is 0. The number of aryl methyl sites for hydroxylation is 1. The summed E-state index contributed by atoms with van der Waals surface area (Å²) in [6.07, 6.45) is 1.55. The maximum atomic E-state index is 10.6. The van der Waals surface area contributed by atoms with E-state index >= 15 is 0 Å². The molecule has 0 radical (unpaired) electrons. The Morgan fingerprint density at radius 3 is 3.15 bits per heavy atom. The van der Waals surface area contributed by atoms with Crippen molar-refractivity contribution < 1.29 is 14.6 Å². The number of aromatic nitrogens is 1. The van der Waals surface area contributed by atoms with E-state index in [1.165, 1.54) is 5.56 Å². The van der Waals surface area contributed by atoms with E-state index in [9.17, 15) is 4.79 Å². The van der Waals surface area contributed by atoms with Crippen molar-refractivity contribution in [2.45, 2.75) is 25.2 Å². The van der Waals surface area contributed by atoms with E-state index < -0.39 is 5.97 Å². The largest absolute Gasteiger partial charge is 0.493 e. The van der Waals surface area contributed by atoms with Crippen molar-refractivity contribution in [3.8, 4) is 5.75 Å². The van der Waals surface area contributed by atoms with E-state index in [4.69, 9.17) is 9.84 Å². The van der Waals surface area contributed by atoms with Crippen molar-refractivity contribution in [2.24, 2.45) is 0 Å². The second-order valence-electron chi connectivity index (χ2n) is 4.80. The van der Waals surface area contributed by atoms with E-state index in [2.05, 4.69) is 11.1 Å². The number of hydrogen-bond donors (Lipinski definition) is 1. The number of thiazole rings is 1. The standard InChI is InChI=1S/C15H15NO3S/c17-14(18)6-5-10-9-20-15(16-10)12-7-8-19-13-4-2-1-3-11(12)13/h1-4,9,12H,5-8H2,(H,17,18). The number of nitrogens with zero attached hydrogens (tertiary/aromatic N) is 1. The molecule has 0 saturated heterocycles. The summed E-state index contributed by atoms with van der Waals surface area (Å²) >= 11 is 1.61. The van der Waals surface area contributed by atoms with Gasteiger partial charge in [-0.3, -0.25) is 4.79 Å². The van der Waals surface area contributed by atoms with Crippen LogP contribution < -0.4 is 4.74 Å². The lowest BCUT2D eigenvalue weighted by Crippen LogP contribution is -2.15. The van der Waals surface area contributed by atoms with Crippen LogP contribution in [0.1, 0.15) is 35.0 Å². The van der Waals surface area contributed by atoms with Crippen LogP contribution in [-0.4, -0.2) is 22.7 Å². The fraction of sp³-hybridized carbons (Fsp3) is 0.333. The molecule has 3 rings (SSSR count). The van der Waals surface area contributed by atoms with E-state index in [0.717, 1.165) is 22.9 Å². The molecule has 1 aliphatic heterocycles. The molecule has 1 unspecified atom stereocenters. The van der Waals surface area contributed by atoms with E-state index in [1.807, 2.05) is 23.6 Å². The average molecular weight is 289 g/mol. The highest BCUT2D eigenvalue weighted by molar-refractivity contribution is 7.09. The Hall–Kier alpha value is -1.88. The van der Waals surface area contributed by atoms with Gasteiger partial charge in [0.25, 0.3) is 0 Å². The quantitative estimate of drug-likeness (QED) is 0.939. The third-order valence-corrected chi connectivity index (χ3v) is 4.43. The molecule has 5 heteroatoms. The first-order valence-corrected chi connectivity index (χ1v) is 7.50. The van der Waals surface area contributed by atoms with Crippen LogP contribution in [-0.2, 0) is 11.2 Å². The topological polar surface area (TPSA) is 59.4 Å². The minimum absolute atomic E-state index is 0.132. The zero-order valence-corrected chi connectivity index (χ0v) is 11.7. The maximum Gasteiger partial charge on any atom is 0.303 e. The minimum Gasteiger partial charge on any atom is -0.493 e. The molecule has 0 fully saturated rings. The molecule has 20 heavy (non-hydrogen) atoms. The molecule has 2 heterocycles. The van der Waals surface area contributed by atoms with Crippen LogP contribution >= 0.6 is 11.3 Å². The molecule has 0 aliphatic carbocycles. The van der Waals surface area contributed by atoms with Gasteiger partial charge in [0.2, 0.25) is 0 Å². The minimum atomic E-state index is -0.782. The summed E-state index contributed by atoms with van der Waals surface area (Å²) in [5.41, 5.74) is 2.05. The summed E-state index contributed by atoms with van der Waals surface area (Å²) in [5.74, 6) is 0.422. The summed E-state index contributed by atoms with van der Waals surface area (Å²) in [6, 6.07) is 8.05. The highest BCUT2D eigenvalue weighted by atomic mass is 32.1. The second kappa shape index (κ2) is 5.63. The molecule has 4 nitrogen and oxygen atoms in total. The van der Waals surface area contributed by atoms with Gasteiger partial charge in [0.1, 0.15) is 10.8 Å². The average Bonchev–Trinajstić information content (AvgIpc) is 2.93. The predicted molar refractivity (Wildman–Crippen MR) is 76.5 cm³/mol. The summed E-state index contributed by atoms with van der Waals surface area (Å²) in [6.45, 7) is 0.700. The third-order valence-electron chi connectivity index (χ3n) is 3.42. The van der Waals surface area contributed by atoms with E-state index in [0.29, 0.717) is 13.0 Å². The van der Waals surface area contributed by atoms with Crippen LogP contribution in [0.5, 0.6) is 5.75 Å². The number of rotatable bonds is 4. The van der Waals surface area contributed by atoms with Crippen LogP contribution in [0, 0.1) is 0 Å². The van der Waals surface area contributed by atoms with Gasteiger partial charge in [-0.25, -0.2) is 4.98 Å². The van der Waals surface area contributed by atoms with Crippen molar-refractivity contribution in [1.29, 1.82) is 0 Å². The molecule has 2 aromatic rings. The molecule has 1 aliphatic rings. The number of para-hydroxylation sites is 1. The Kier molecular flexibility index (Phi) is 3.69. The second-order valence-corrected chi connectivity index (χ2v) is 5.69. The Morgan fingerprint density at radius 2 is 2.30 bits per heavy atom. The third kappa shape index (κ3) is 2.67. The first kappa shape index (κ1) is 13.1. The SMILES string of the molecule is O=C(O)CCc1csc(C2CCOc3ccccc32)n1. The van der Waals surface area contributed by atoms with Crippen molar-refractivity contribution in [3.63, 3.8) is 0 Å². The van der Waals surface area contributed by atoms with Crippen LogP contribution in [0.3, 0.4) is 0 Å². The molecule has 0 spiro atoms. The van der Waals surface area contributed by atoms with Gasteiger partial charge >= 0.3 is 5.97 Å². The monoisotopic (exact) mass is 289 g/mol. The Balaban J connectivity index is 1.82. The van der Waals surface area contributed by atoms with Gasteiger partial charge < -0.3 is 9.84 Å². The highest BCUT2D eigenvalue weighted by Gasteiger charge is 2.25. The Bertz CT molecular complexity index is 623. The van der Waals surface area contributed by atoms with Crippen LogP contribution in [0.25, 0.3) is 0 Å². The van der Waals surface area contributed by atoms with Gasteiger partial charge in [-0.15, -0.1) is 11.3 Å². The zero-order valence-electron chi connectivity index (χ0n) is 10.9. The molecule has 0 saturated carbocycles. The predicted octanol–water partition coefficient (Wildman–Crippen LogP) is 3.07. The number of carboxylic acids is 1. The summed E-state index contributed by atoms with van der Waals surface area (Å²) in [5, 5.41) is 11.7. The Morgan fingerprint density at radius 1 is 1.45 bits per heavy atom. The molecule has 0 amide bonds. The molecule has 0 bridgehead atoms. The molecule has 1 atom stereocenters. The molecular weight excluding hydrogens is 274 g/mol. The zero-order chi connectivity index (χ0) is 13.9. The normalized spacial score (nSPS) is 17.3. The van der Waals surface area contributed by atoms with E-state index in [-0.39, 0.29) is 12.3 Å². The number of fused-ring (bicyclic) bond motifs is 1. The van der Waals surface area contributed by atoms with E-state index in [1.54, 1.807) is 11.3 Å². The molecular formula is C15H15NO3S. The Labute approximate surface area is 121 Å². The van der Waals surface area contributed by atoms with Crippen LogP contribution in [0.15, 0.2) is 29.6 Å². The lowest BCUT2D eigenvalue weighted by molar-refractivity contribution is -0.136. The number of ether oxygens (including phenoxy) is 1. The van der Waals surface area contributed by atoms with Gasteiger partial charge in [-0.2, -0.15) is 0 Å². The molecule has 1 aromatic carbocycles. The van der Waals surface area contributed by atoms with Gasteiger partial charge in [0.05, 0.1) is 18.7 Å². The molecule has 1 N–H and O–H groups in total. The number of benzene rings is 1. The van der Waals surface area contributed by atoms with Gasteiger partial charge in [0, 0.05) is 23.3 Å². The number of hydrogen-bond acceptors (Lipinski definition) is 4. The van der Waals surface area contributed by atoms with Gasteiger partial charge in [-0.1, -0.05) is 18.2 Å². The van der Waals surface area contributed by atoms with Crippen molar-refractivity contribution in [1.82, 2.24) is 4.98 Å². The van der Waals surface area contributed by atoms with Crippen LogP contribution in [0.4, 0.5) is 0 Å². The fourth-order valence-electron chi connectivity index (χ4n) is 2.43. The van der Waals surface area contributed by atoms with Crippen molar-refractivity contribution in [3.05, 3.63) is 45.9 Å². The number of carbonyl (C=O) groups is 1. The summed E-state index contributed by atoms with van der Waals surface area (Å²) < 4.78 is 5.66. The van der Waals surface area contributed by atoms with Crippen molar-refractivity contribution in [2.75, 3.05) is 6.61 Å². The first-order chi connectivity index (χ1) is 9.74. The van der Waals surface area contributed by atoms with Gasteiger partial charge in [-0.05, 0) is 12.5 Å². The highest BCUT2D eigenvalue weighted by Crippen LogP contribution is 2.38.